The number of nitrogens with zero attached hydrogens (tertiary/aromatic N) is 5. The van der Waals surface area contributed by atoms with E-state index in [4.69, 9.17) is 10.7 Å². The highest BCUT2D eigenvalue weighted by atomic mass is 19.1. The zero-order valence-electron chi connectivity index (χ0n) is 20.0. The zero-order chi connectivity index (χ0) is 23.9. The van der Waals surface area contributed by atoms with Gasteiger partial charge in [0.1, 0.15) is 5.82 Å². The molecule has 0 atom stereocenters. The van der Waals surface area contributed by atoms with Crippen LogP contribution in [0.1, 0.15) is 54.5 Å². The molecule has 0 saturated carbocycles. The Balaban J connectivity index is 1.74. The smallest absolute Gasteiger partial charge is 0.312 e. The van der Waals surface area contributed by atoms with Crippen LogP contribution in [0.4, 0.5) is 15.9 Å². The summed E-state index contributed by atoms with van der Waals surface area (Å²) in [7, 11) is 3.97. The minimum Gasteiger partial charge on any atom is -0.382 e. The number of nitrogens with one attached hydrogen (secondary N) is 1. The molecule has 0 aliphatic heterocycles. The standard InChI is InChI=1S/C24H32FN7O/c1-24(2,3)13-27-8-9-32-19(28-20-21(26)29-23(25)30-22(20)32)12-15-10-16-14(6-7-18(16)33)11-17(15)31(4)5/h10-11,27H,6-9,12-13H2,1-5H3,(H2,26,29,30). The van der Waals surface area contributed by atoms with E-state index in [-0.39, 0.29) is 17.0 Å². The third-order valence-electron chi connectivity index (χ3n) is 5.90. The van der Waals surface area contributed by atoms with Crippen LogP contribution in [-0.2, 0) is 19.4 Å². The van der Waals surface area contributed by atoms with Gasteiger partial charge < -0.3 is 20.5 Å². The van der Waals surface area contributed by atoms with Gasteiger partial charge in [-0.25, -0.2) is 4.98 Å². The molecular weight excluding hydrogens is 421 g/mol. The van der Waals surface area contributed by atoms with Gasteiger partial charge in [-0.3, -0.25) is 4.79 Å². The second-order valence-electron chi connectivity index (χ2n) is 10.1. The maximum Gasteiger partial charge on any atom is 0.312 e. The molecule has 1 aliphatic carbocycles. The first-order valence-corrected chi connectivity index (χ1v) is 11.3. The van der Waals surface area contributed by atoms with Crippen molar-refractivity contribution >= 4 is 28.5 Å². The number of aryl methyl sites for hydroxylation is 1. The van der Waals surface area contributed by atoms with Crippen molar-refractivity contribution in [2.24, 2.45) is 5.41 Å². The summed E-state index contributed by atoms with van der Waals surface area (Å²) in [6.45, 7) is 8.57. The number of imidazole rings is 1. The lowest BCUT2D eigenvalue weighted by molar-refractivity contribution is 0.0994. The van der Waals surface area contributed by atoms with Crippen molar-refractivity contribution in [3.8, 4) is 0 Å². The van der Waals surface area contributed by atoms with E-state index in [1.54, 1.807) is 0 Å². The van der Waals surface area contributed by atoms with Gasteiger partial charge in [0.15, 0.2) is 22.8 Å². The lowest BCUT2D eigenvalue weighted by Crippen LogP contribution is -2.30. The highest BCUT2D eigenvalue weighted by molar-refractivity contribution is 6.01. The van der Waals surface area contributed by atoms with Gasteiger partial charge >= 0.3 is 6.08 Å². The Labute approximate surface area is 193 Å². The number of fused-ring (bicyclic) bond motifs is 2. The first-order valence-electron chi connectivity index (χ1n) is 11.3. The van der Waals surface area contributed by atoms with E-state index in [2.05, 4.69) is 42.1 Å². The molecule has 0 saturated heterocycles. The molecule has 1 aliphatic rings. The lowest BCUT2D eigenvalue weighted by atomic mass is 9.97. The molecule has 3 N–H and O–H groups in total. The van der Waals surface area contributed by atoms with Crippen LogP contribution in [0.25, 0.3) is 11.2 Å². The second-order valence-corrected chi connectivity index (χ2v) is 10.1. The number of hydrogen-bond donors (Lipinski definition) is 2. The molecule has 0 amide bonds. The van der Waals surface area contributed by atoms with Crippen molar-refractivity contribution in [2.75, 3.05) is 37.8 Å². The molecule has 33 heavy (non-hydrogen) atoms. The minimum absolute atomic E-state index is 0.0251. The summed E-state index contributed by atoms with van der Waals surface area (Å²) in [4.78, 5) is 26.8. The molecule has 2 heterocycles. The van der Waals surface area contributed by atoms with Gasteiger partial charge in [-0.05, 0) is 35.1 Å². The average molecular weight is 454 g/mol. The van der Waals surface area contributed by atoms with Crippen LogP contribution < -0.4 is 16.0 Å². The highest BCUT2D eigenvalue weighted by Gasteiger charge is 2.24. The largest absolute Gasteiger partial charge is 0.382 e. The molecule has 2 aromatic heterocycles. The number of halogens is 1. The Hall–Kier alpha value is -3.07. The Morgan fingerprint density at radius 1 is 1.18 bits per heavy atom. The predicted molar refractivity (Wildman–Crippen MR) is 128 cm³/mol. The summed E-state index contributed by atoms with van der Waals surface area (Å²) in [5, 5.41) is 3.45. The zero-order valence-corrected chi connectivity index (χ0v) is 20.0. The average Bonchev–Trinajstić information content (AvgIpc) is 3.24. The summed E-state index contributed by atoms with van der Waals surface area (Å²) in [5.41, 5.74) is 10.8. The predicted octanol–water partition coefficient (Wildman–Crippen LogP) is 2.97. The van der Waals surface area contributed by atoms with E-state index in [0.29, 0.717) is 42.9 Å². The van der Waals surface area contributed by atoms with Crippen LogP contribution in [0, 0.1) is 11.5 Å². The minimum atomic E-state index is -0.868. The van der Waals surface area contributed by atoms with Gasteiger partial charge in [-0.1, -0.05) is 20.8 Å². The Morgan fingerprint density at radius 3 is 2.64 bits per heavy atom. The van der Waals surface area contributed by atoms with Crippen LogP contribution in [0.5, 0.6) is 0 Å². The van der Waals surface area contributed by atoms with Crippen molar-refractivity contribution in [2.45, 2.75) is 46.6 Å². The molecule has 176 valence electrons. The summed E-state index contributed by atoms with van der Waals surface area (Å²) in [6.07, 6.45) is 0.922. The van der Waals surface area contributed by atoms with Crippen LogP contribution in [0.3, 0.4) is 0 Å². The number of ketones is 1. The molecule has 0 bridgehead atoms. The Morgan fingerprint density at radius 2 is 1.94 bits per heavy atom. The number of carbonyl (C=O) groups excluding carboxylic acids is 1. The third-order valence-corrected chi connectivity index (χ3v) is 5.90. The number of rotatable bonds is 7. The van der Waals surface area contributed by atoms with Gasteiger partial charge in [0, 0.05) is 57.8 Å². The molecule has 3 aromatic rings. The number of Topliss-reactive ketones (excluding diaryl/α,β-unsaturated/α-hetero) is 1. The van der Waals surface area contributed by atoms with Gasteiger partial charge in [-0.2, -0.15) is 14.4 Å². The summed E-state index contributed by atoms with van der Waals surface area (Å²) in [6, 6.07) is 4.08. The first-order chi connectivity index (χ1) is 15.5. The van der Waals surface area contributed by atoms with E-state index in [1.807, 2.05) is 29.6 Å². The molecule has 0 spiro atoms. The second kappa shape index (κ2) is 8.70. The molecule has 0 radical (unpaired) electrons. The van der Waals surface area contributed by atoms with Crippen molar-refractivity contribution in [3.63, 3.8) is 0 Å². The van der Waals surface area contributed by atoms with E-state index in [0.717, 1.165) is 35.3 Å². The molecule has 8 nitrogen and oxygen atoms in total. The fourth-order valence-electron chi connectivity index (χ4n) is 4.32. The fourth-order valence-corrected chi connectivity index (χ4v) is 4.32. The van der Waals surface area contributed by atoms with E-state index in [9.17, 15) is 9.18 Å². The van der Waals surface area contributed by atoms with Crippen LogP contribution in [0.2, 0.25) is 0 Å². The van der Waals surface area contributed by atoms with Crippen LogP contribution in [-0.4, -0.2) is 52.5 Å². The number of hydrogen-bond acceptors (Lipinski definition) is 7. The van der Waals surface area contributed by atoms with Crippen LogP contribution in [0.15, 0.2) is 12.1 Å². The number of benzene rings is 1. The number of anilines is 2. The topological polar surface area (TPSA) is 102 Å². The van der Waals surface area contributed by atoms with Crippen molar-refractivity contribution in [1.82, 2.24) is 24.8 Å². The molecule has 0 unspecified atom stereocenters. The van der Waals surface area contributed by atoms with E-state index < -0.39 is 6.08 Å². The SMILES string of the molecule is CN(C)c1cc2c(cc1Cc1nc3c(N)nc(F)nc3n1CCNCC(C)(C)C)C(=O)CC2. The van der Waals surface area contributed by atoms with Crippen molar-refractivity contribution in [3.05, 3.63) is 40.7 Å². The first kappa shape index (κ1) is 23.1. The quantitative estimate of drug-likeness (QED) is 0.419. The van der Waals surface area contributed by atoms with Crippen molar-refractivity contribution < 1.29 is 9.18 Å². The van der Waals surface area contributed by atoms with E-state index in [1.165, 1.54) is 0 Å². The maximum atomic E-state index is 14.0. The number of nitrogen functional groups attached to an aromatic ring is 1. The van der Waals surface area contributed by atoms with E-state index >= 15 is 0 Å². The number of aromatic nitrogens is 4. The number of carbonyl (C=O) groups is 1. The normalized spacial score (nSPS) is 13.7. The van der Waals surface area contributed by atoms with Crippen LogP contribution >= 0.6 is 0 Å². The lowest BCUT2D eigenvalue weighted by Gasteiger charge is -2.20. The van der Waals surface area contributed by atoms with Gasteiger partial charge in [0.05, 0.1) is 0 Å². The number of nitrogens with two attached hydrogens (primary N) is 1. The molecule has 1 aromatic carbocycles. The molecular formula is C24H32FN7O. The molecule has 9 heteroatoms. The summed E-state index contributed by atoms with van der Waals surface area (Å²) < 4.78 is 15.9. The van der Waals surface area contributed by atoms with Gasteiger partial charge in [0.25, 0.3) is 0 Å². The third kappa shape index (κ3) is 4.83. The van der Waals surface area contributed by atoms with Gasteiger partial charge in [0.2, 0.25) is 0 Å². The van der Waals surface area contributed by atoms with Crippen molar-refractivity contribution in [1.29, 1.82) is 0 Å². The fraction of sp³-hybridized carbons (Fsp3) is 0.500. The molecule has 4 rings (SSSR count). The molecule has 0 fully saturated rings. The Kier molecular flexibility index (Phi) is 6.09. The monoisotopic (exact) mass is 453 g/mol. The summed E-state index contributed by atoms with van der Waals surface area (Å²) in [5.74, 6) is 0.911. The highest BCUT2D eigenvalue weighted by Crippen LogP contribution is 2.32. The Bertz CT molecular complexity index is 1210. The maximum absolute atomic E-state index is 14.0. The summed E-state index contributed by atoms with van der Waals surface area (Å²) >= 11 is 0. The van der Waals surface area contributed by atoms with Gasteiger partial charge in [-0.15, -0.1) is 0 Å².